The second-order valence-electron chi connectivity index (χ2n) is 8.25. The van der Waals surface area contributed by atoms with Crippen LogP contribution < -0.4 is 15.1 Å². The number of rotatable bonds is 4. The minimum Gasteiger partial charge on any atom is -0.503 e. The van der Waals surface area contributed by atoms with Crippen molar-refractivity contribution in [2.75, 3.05) is 22.2 Å². The zero-order chi connectivity index (χ0) is 21.6. The SMILES string of the molecule is CC(C)C1C(=O)N(C)c2cnc(Nc3cc(F)c(O)c(F)c3)nc2N1C1CCCC1. The highest BCUT2D eigenvalue weighted by molar-refractivity contribution is 6.04. The van der Waals surface area contributed by atoms with Crippen LogP contribution in [-0.4, -0.2) is 40.1 Å². The number of nitrogens with one attached hydrogen (secondary N) is 1. The maximum atomic E-state index is 13.7. The van der Waals surface area contributed by atoms with Crippen LogP contribution in [0.5, 0.6) is 5.75 Å². The molecule has 160 valence electrons. The normalized spacial score (nSPS) is 19.5. The Morgan fingerprint density at radius 2 is 1.83 bits per heavy atom. The molecule has 2 aliphatic rings. The Labute approximate surface area is 173 Å². The number of aromatic hydroxyl groups is 1. The summed E-state index contributed by atoms with van der Waals surface area (Å²) in [6.07, 6.45) is 5.73. The van der Waals surface area contributed by atoms with Crippen LogP contribution in [0.1, 0.15) is 39.5 Å². The van der Waals surface area contributed by atoms with Crippen molar-refractivity contribution in [1.82, 2.24) is 9.97 Å². The molecule has 1 saturated carbocycles. The number of likely N-dealkylation sites (N-methyl/N-ethyl adjacent to an activating group) is 1. The summed E-state index contributed by atoms with van der Waals surface area (Å²) in [5.74, 6) is -2.29. The van der Waals surface area contributed by atoms with E-state index in [1.165, 1.54) is 0 Å². The molecule has 1 aliphatic carbocycles. The number of nitrogens with zero attached hydrogens (tertiary/aromatic N) is 4. The Kier molecular flexibility index (Phi) is 5.21. The van der Waals surface area contributed by atoms with Crippen molar-refractivity contribution in [3.8, 4) is 5.75 Å². The smallest absolute Gasteiger partial charge is 0.249 e. The molecule has 9 heteroatoms. The number of hydrogen-bond acceptors (Lipinski definition) is 6. The first-order chi connectivity index (χ1) is 14.3. The zero-order valence-electron chi connectivity index (χ0n) is 17.2. The summed E-state index contributed by atoms with van der Waals surface area (Å²) in [7, 11) is 1.71. The van der Waals surface area contributed by atoms with Crippen molar-refractivity contribution < 1.29 is 18.7 Å². The summed E-state index contributed by atoms with van der Waals surface area (Å²) in [5.41, 5.74) is 0.688. The number of aromatic nitrogens is 2. The predicted octanol–water partition coefficient (Wildman–Crippen LogP) is 3.95. The number of benzene rings is 1. The highest BCUT2D eigenvalue weighted by atomic mass is 19.1. The van der Waals surface area contributed by atoms with Crippen LogP contribution in [0.25, 0.3) is 0 Å². The summed E-state index contributed by atoms with van der Waals surface area (Å²) in [5, 5.41) is 12.1. The number of hydrogen-bond donors (Lipinski definition) is 2. The van der Waals surface area contributed by atoms with Gasteiger partial charge in [-0.1, -0.05) is 26.7 Å². The molecule has 0 bridgehead atoms. The second kappa shape index (κ2) is 7.70. The van der Waals surface area contributed by atoms with Crippen LogP contribution in [0, 0.1) is 17.6 Å². The summed E-state index contributed by atoms with van der Waals surface area (Å²) in [4.78, 5) is 25.6. The van der Waals surface area contributed by atoms with Gasteiger partial charge in [-0.05, 0) is 18.8 Å². The van der Waals surface area contributed by atoms with Crippen LogP contribution in [0.2, 0.25) is 0 Å². The minimum absolute atomic E-state index is 0.0105. The van der Waals surface area contributed by atoms with E-state index in [0.717, 1.165) is 37.8 Å². The van der Waals surface area contributed by atoms with Gasteiger partial charge in [-0.3, -0.25) is 4.79 Å². The molecule has 2 heterocycles. The van der Waals surface area contributed by atoms with E-state index in [-0.39, 0.29) is 35.5 Å². The lowest BCUT2D eigenvalue weighted by Crippen LogP contribution is -2.58. The van der Waals surface area contributed by atoms with Crippen molar-refractivity contribution in [2.45, 2.75) is 51.6 Å². The minimum atomic E-state index is -1.08. The van der Waals surface area contributed by atoms with E-state index in [1.54, 1.807) is 18.1 Å². The lowest BCUT2D eigenvalue weighted by Gasteiger charge is -2.45. The molecule has 1 atom stereocenters. The molecule has 0 spiro atoms. The average molecular weight is 417 g/mol. The van der Waals surface area contributed by atoms with Gasteiger partial charge >= 0.3 is 0 Å². The molecule has 1 aliphatic heterocycles. The molecule has 0 saturated heterocycles. The van der Waals surface area contributed by atoms with E-state index in [2.05, 4.69) is 20.2 Å². The molecular formula is C21H25F2N5O2. The molecule has 1 unspecified atom stereocenters. The number of amides is 1. The van der Waals surface area contributed by atoms with Gasteiger partial charge in [0.2, 0.25) is 11.9 Å². The first-order valence-electron chi connectivity index (χ1n) is 10.2. The van der Waals surface area contributed by atoms with E-state index in [9.17, 15) is 18.7 Å². The topological polar surface area (TPSA) is 81.6 Å². The Morgan fingerprint density at radius 1 is 1.20 bits per heavy atom. The molecular weight excluding hydrogens is 392 g/mol. The van der Waals surface area contributed by atoms with Gasteiger partial charge in [0.05, 0.1) is 6.20 Å². The third-order valence-corrected chi connectivity index (χ3v) is 5.86. The average Bonchev–Trinajstić information content (AvgIpc) is 3.22. The van der Waals surface area contributed by atoms with Gasteiger partial charge in [0, 0.05) is 30.9 Å². The zero-order valence-corrected chi connectivity index (χ0v) is 17.2. The lowest BCUT2D eigenvalue weighted by atomic mass is 9.96. The summed E-state index contributed by atoms with van der Waals surface area (Å²) in [6, 6.07) is 1.82. The second-order valence-corrected chi connectivity index (χ2v) is 8.25. The Morgan fingerprint density at radius 3 is 2.43 bits per heavy atom. The number of carbonyl (C=O) groups excluding carboxylic acids is 1. The molecule has 1 amide bonds. The van der Waals surface area contributed by atoms with E-state index >= 15 is 0 Å². The van der Waals surface area contributed by atoms with Gasteiger partial charge in [-0.2, -0.15) is 4.98 Å². The number of fused-ring (bicyclic) bond motifs is 1. The van der Waals surface area contributed by atoms with Gasteiger partial charge in [-0.15, -0.1) is 0 Å². The third-order valence-electron chi connectivity index (χ3n) is 5.86. The highest BCUT2D eigenvalue weighted by Crippen LogP contribution is 2.41. The molecule has 2 N–H and O–H groups in total. The first-order valence-corrected chi connectivity index (χ1v) is 10.2. The van der Waals surface area contributed by atoms with Crippen LogP contribution in [-0.2, 0) is 4.79 Å². The standard InChI is InChI=1S/C21H25F2N5O2/c1-11(2)17-20(30)27(3)16-10-24-21(25-12-8-14(22)18(29)15(23)9-12)26-19(16)28(17)13-6-4-5-7-13/h8-11,13,17,29H,4-7H2,1-3H3,(H,24,25,26). The largest absolute Gasteiger partial charge is 0.503 e. The van der Waals surface area contributed by atoms with Crippen molar-refractivity contribution in [3.05, 3.63) is 30.0 Å². The molecule has 0 radical (unpaired) electrons. The molecule has 1 aromatic heterocycles. The Bertz CT molecular complexity index is 955. The van der Waals surface area contributed by atoms with Gasteiger partial charge in [0.25, 0.3) is 0 Å². The number of phenols is 1. The summed E-state index contributed by atoms with van der Waals surface area (Å²) in [6.45, 7) is 4.04. The summed E-state index contributed by atoms with van der Waals surface area (Å²) < 4.78 is 27.4. The van der Waals surface area contributed by atoms with Crippen molar-refractivity contribution in [3.63, 3.8) is 0 Å². The van der Waals surface area contributed by atoms with Gasteiger partial charge in [0.1, 0.15) is 11.7 Å². The number of carbonyl (C=O) groups is 1. The van der Waals surface area contributed by atoms with Gasteiger partial charge < -0.3 is 20.2 Å². The third kappa shape index (κ3) is 3.42. The van der Waals surface area contributed by atoms with Crippen LogP contribution in [0.4, 0.5) is 31.9 Å². The fraction of sp³-hybridized carbons (Fsp3) is 0.476. The summed E-state index contributed by atoms with van der Waals surface area (Å²) >= 11 is 0. The van der Waals surface area contributed by atoms with Gasteiger partial charge in [0.15, 0.2) is 23.2 Å². The van der Waals surface area contributed by atoms with Gasteiger partial charge in [-0.25, -0.2) is 13.8 Å². The van der Waals surface area contributed by atoms with E-state index in [1.807, 2.05) is 13.8 Å². The van der Waals surface area contributed by atoms with Crippen molar-refractivity contribution in [2.24, 2.45) is 5.92 Å². The van der Waals surface area contributed by atoms with Crippen LogP contribution >= 0.6 is 0 Å². The molecule has 30 heavy (non-hydrogen) atoms. The lowest BCUT2D eigenvalue weighted by molar-refractivity contribution is -0.121. The number of halogens is 2. The molecule has 2 aromatic rings. The molecule has 4 rings (SSSR count). The molecule has 7 nitrogen and oxygen atoms in total. The van der Waals surface area contributed by atoms with Crippen LogP contribution in [0.3, 0.4) is 0 Å². The monoisotopic (exact) mass is 417 g/mol. The van der Waals surface area contributed by atoms with E-state index in [4.69, 9.17) is 0 Å². The van der Waals surface area contributed by atoms with E-state index in [0.29, 0.717) is 11.5 Å². The van der Waals surface area contributed by atoms with Crippen molar-refractivity contribution in [1.29, 1.82) is 0 Å². The maximum absolute atomic E-state index is 13.7. The highest BCUT2D eigenvalue weighted by Gasteiger charge is 2.43. The van der Waals surface area contributed by atoms with E-state index < -0.39 is 17.4 Å². The number of phenolic OH excluding ortho intramolecular Hbond substituents is 1. The predicted molar refractivity (Wildman–Crippen MR) is 110 cm³/mol. The Hall–Kier alpha value is -2.97. The number of anilines is 4. The molecule has 1 fully saturated rings. The maximum Gasteiger partial charge on any atom is 0.249 e. The quantitative estimate of drug-likeness (QED) is 0.733. The fourth-order valence-corrected chi connectivity index (χ4v) is 4.38. The Balaban J connectivity index is 1.75. The first kappa shape index (κ1) is 20.3. The fourth-order valence-electron chi connectivity index (χ4n) is 4.38. The van der Waals surface area contributed by atoms with Crippen LogP contribution in [0.15, 0.2) is 18.3 Å². The van der Waals surface area contributed by atoms with Crippen molar-refractivity contribution >= 4 is 29.0 Å². The molecule has 1 aromatic carbocycles.